The van der Waals surface area contributed by atoms with Crippen LogP contribution in [0.1, 0.15) is 19.4 Å². The Bertz CT molecular complexity index is 549. The molecule has 0 saturated carbocycles. The molecule has 0 aromatic heterocycles. The number of aryl methyl sites for hydroxylation is 1. The van der Waals surface area contributed by atoms with Crippen LogP contribution in [0.4, 0.5) is 5.69 Å². The summed E-state index contributed by atoms with van der Waals surface area (Å²) in [6.45, 7) is 4.54. The van der Waals surface area contributed by atoms with Gasteiger partial charge in [0.25, 0.3) is 0 Å². The number of sulfonamides is 1. The summed E-state index contributed by atoms with van der Waals surface area (Å²) in [5.74, 6) is -1.61. The van der Waals surface area contributed by atoms with Gasteiger partial charge in [0.1, 0.15) is 0 Å². The maximum absolute atomic E-state index is 11.9. The van der Waals surface area contributed by atoms with Gasteiger partial charge in [-0.25, -0.2) is 8.42 Å². The van der Waals surface area contributed by atoms with E-state index in [1.807, 2.05) is 0 Å². The van der Waals surface area contributed by atoms with Crippen molar-refractivity contribution in [3.05, 3.63) is 29.8 Å². The number of nitrogens with one attached hydrogen (secondary N) is 1. The van der Waals surface area contributed by atoms with Crippen LogP contribution in [0.25, 0.3) is 0 Å². The molecule has 0 fully saturated rings. The third-order valence-corrected chi connectivity index (χ3v) is 4.17. The Labute approximate surface area is 107 Å². The van der Waals surface area contributed by atoms with Gasteiger partial charge in [-0.1, -0.05) is 18.2 Å². The predicted octanol–water partition coefficient (Wildman–Crippen LogP) is 1.85. The molecule has 18 heavy (non-hydrogen) atoms. The molecular formula is C12H17NO4S. The predicted molar refractivity (Wildman–Crippen MR) is 70.0 cm³/mol. The molecule has 100 valence electrons. The lowest BCUT2D eigenvalue weighted by molar-refractivity contribution is -0.145. The quantitative estimate of drug-likeness (QED) is 0.856. The number of benzene rings is 1. The Balaban J connectivity index is 2.91. The summed E-state index contributed by atoms with van der Waals surface area (Å²) in [7, 11) is -3.69. The van der Waals surface area contributed by atoms with Crippen molar-refractivity contribution in [3.8, 4) is 0 Å². The van der Waals surface area contributed by atoms with Gasteiger partial charge in [0, 0.05) is 0 Å². The second kappa shape index (κ2) is 4.97. The number of carboxylic acid groups (broad SMARTS) is 1. The van der Waals surface area contributed by atoms with E-state index in [-0.39, 0.29) is 0 Å². The molecule has 1 aromatic rings. The lowest BCUT2D eigenvalue weighted by Gasteiger charge is -2.19. The Kier molecular flexibility index (Phi) is 4.01. The smallest absolute Gasteiger partial charge is 0.310 e. The van der Waals surface area contributed by atoms with E-state index < -0.39 is 27.2 Å². The molecule has 0 radical (unpaired) electrons. The topological polar surface area (TPSA) is 83.5 Å². The number of hydrogen-bond donors (Lipinski definition) is 2. The lowest BCUT2D eigenvalue weighted by atomic mass is 9.97. The zero-order valence-electron chi connectivity index (χ0n) is 10.6. The van der Waals surface area contributed by atoms with Crippen LogP contribution in [0.3, 0.4) is 0 Å². The first-order chi connectivity index (χ1) is 8.14. The van der Waals surface area contributed by atoms with E-state index in [2.05, 4.69) is 4.72 Å². The van der Waals surface area contributed by atoms with E-state index in [0.29, 0.717) is 5.69 Å². The maximum atomic E-state index is 11.9. The molecule has 0 bridgehead atoms. The van der Waals surface area contributed by atoms with Crippen molar-refractivity contribution < 1.29 is 18.3 Å². The molecular weight excluding hydrogens is 254 g/mol. The second-order valence-electron chi connectivity index (χ2n) is 4.87. The normalized spacial score (nSPS) is 12.2. The summed E-state index contributed by atoms with van der Waals surface area (Å²) < 4.78 is 26.2. The van der Waals surface area contributed by atoms with Gasteiger partial charge in [-0.3, -0.25) is 9.52 Å². The molecule has 5 nitrogen and oxygen atoms in total. The average Bonchev–Trinajstić information content (AvgIpc) is 2.19. The van der Waals surface area contributed by atoms with E-state index in [1.165, 1.54) is 13.8 Å². The monoisotopic (exact) mass is 271 g/mol. The van der Waals surface area contributed by atoms with Gasteiger partial charge in [0.2, 0.25) is 10.0 Å². The van der Waals surface area contributed by atoms with Crippen LogP contribution in [-0.2, 0) is 14.8 Å². The minimum Gasteiger partial charge on any atom is -0.481 e. The van der Waals surface area contributed by atoms with Crippen LogP contribution in [0.15, 0.2) is 24.3 Å². The largest absolute Gasteiger partial charge is 0.481 e. The van der Waals surface area contributed by atoms with Gasteiger partial charge in [0.05, 0.1) is 16.9 Å². The van der Waals surface area contributed by atoms with Crippen LogP contribution in [0, 0.1) is 12.3 Å². The van der Waals surface area contributed by atoms with Crippen molar-refractivity contribution in [2.24, 2.45) is 5.41 Å². The third kappa shape index (κ3) is 3.73. The summed E-state index contributed by atoms with van der Waals surface area (Å²) in [4.78, 5) is 10.9. The summed E-state index contributed by atoms with van der Waals surface area (Å²) in [5.41, 5.74) is -0.0676. The molecule has 0 aliphatic carbocycles. The van der Waals surface area contributed by atoms with Gasteiger partial charge in [0.15, 0.2) is 0 Å². The zero-order chi connectivity index (χ0) is 14.0. The molecule has 0 atom stereocenters. The Morgan fingerprint density at radius 3 is 2.39 bits per heavy atom. The molecule has 0 spiro atoms. The molecule has 0 unspecified atom stereocenters. The van der Waals surface area contributed by atoms with Crippen molar-refractivity contribution in [1.29, 1.82) is 0 Å². The summed E-state index contributed by atoms with van der Waals surface area (Å²) in [6.07, 6.45) is 0. The molecule has 0 saturated heterocycles. The van der Waals surface area contributed by atoms with Gasteiger partial charge in [-0.15, -0.1) is 0 Å². The number of aliphatic carboxylic acids is 1. The standard InChI is InChI=1S/C12H17NO4S/c1-9-6-4-5-7-10(9)13-18(16,17)8-12(2,3)11(14)15/h4-7,13H,8H2,1-3H3,(H,14,15). The first kappa shape index (κ1) is 14.5. The minimum atomic E-state index is -3.69. The molecule has 0 heterocycles. The fourth-order valence-electron chi connectivity index (χ4n) is 1.43. The molecule has 6 heteroatoms. The number of carbonyl (C=O) groups is 1. The van der Waals surface area contributed by atoms with Crippen molar-refractivity contribution in [2.75, 3.05) is 10.5 Å². The van der Waals surface area contributed by atoms with Crippen molar-refractivity contribution in [1.82, 2.24) is 0 Å². The van der Waals surface area contributed by atoms with Crippen molar-refractivity contribution >= 4 is 21.7 Å². The molecule has 0 aliphatic rings. The fourth-order valence-corrected chi connectivity index (χ4v) is 3.14. The molecule has 0 amide bonds. The van der Waals surface area contributed by atoms with E-state index >= 15 is 0 Å². The van der Waals surface area contributed by atoms with Gasteiger partial charge < -0.3 is 5.11 Å². The number of para-hydroxylation sites is 1. The fraction of sp³-hybridized carbons (Fsp3) is 0.417. The summed E-state index contributed by atoms with van der Waals surface area (Å²) in [6, 6.07) is 6.93. The van der Waals surface area contributed by atoms with E-state index in [4.69, 9.17) is 5.11 Å². The van der Waals surface area contributed by atoms with Crippen molar-refractivity contribution in [2.45, 2.75) is 20.8 Å². The first-order valence-electron chi connectivity index (χ1n) is 5.43. The molecule has 2 N–H and O–H groups in total. The Morgan fingerprint density at radius 2 is 1.89 bits per heavy atom. The summed E-state index contributed by atoms with van der Waals surface area (Å²) in [5, 5.41) is 8.93. The first-order valence-corrected chi connectivity index (χ1v) is 7.09. The highest BCUT2D eigenvalue weighted by Crippen LogP contribution is 2.21. The number of rotatable bonds is 5. The number of hydrogen-bond acceptors (Lipinski definition) is 3. The highest BCUT2D eigenvalue weighted by atomic mass is 32.2. The Morgan fingerprint density at radius 1 is 1.33 bits per heavy atom. The second-order valence-corrected chi connectivity index (χ2v) is 6.59. The lowest BCUT2D eigenvalue weighted by Crippen LogP contribution is -2.35. The summed E-state index contributed by atoms with van der Waals surface area (Å²) >= 11 is 0. The third-order valence-electron chi connectivity index (χ3n) is 2.54. The van der Waals surface area contributed by atoms with E-state index in [1.54, 1.807) is 31.2 Å². The highest BCUT2D eigenvalue weighted by molar-refractivity contribution is 7.92. The number of carboxylic acids is 1. The Hall–Kier alpha value is -1.56. The van der Waals surface area contributed by atoms with Crippen LogP contribution >= 0.6 is 0 Å². The van der Waals surface area contributed by atoms with Gasteiger partial charge in [-0.05, 0) is 32.4 Å². The maximum Gasteiger partial charge on any atom is 0.310 e. The SMILES string of the molecule is Cc1ccccc1NS(=O)(=O)CC(C)(C)C(=O)O. The van der Waals surface area contributed by atoms with Gasteiger partial charge >= 0.3 is 5.97 Å². The molecule has 1 rings (SSSR count). The van der Waals surface area contributed by atoms with Crippen LogP contribution in [-0.4, -0.2) is 25.2 Å². The molecule has 1 aromatic carbocycles. The average molecular weight is 271 g/mol. The van der Waals surface area contributed by atoms with E-state index in [9.17, 15) is 13.2 Å². The highest BCUT2D eigenvalue weighted by Gasteiger charge is 2.33. The van der Waals surface area contributed by atoms with Crippen molar-refractivity contribution in [3.63, 3.8) is 0 Å². The van der Waals surface area contributed by atoms with Crippen LogP contribution in [0.5, 0.6) is 0 Å². The molecule has 0 aliphatic heterocycles. The van der Waals surface area contributed by atoms with E-state index in [0.717, 1.165) is 5.56 Å². The van der Waals surface area contributed by atoms with Crippen LogP contribution in [0.2, 0.25) is 0 Å². The number of anilines is 1. The zero-order valence-corrected chi connectivity index (χ0v) is 11.4. The van der Waals surface area contributed by atoms with Crippen LogP contribution < -0.4 is 4.72 Å². The van der Waals surface area contributed by atoms with Gasteiger partial charge in [-0.2, -0.15) is 0 Å². The minimum absolute atomic E-state index is 0.469.